The maximum atomic E-state index is 13.0. The van der Waals surface area contributed by atoms with E-state index in [0.29, 0.717) is 13.0 Å². The summed E-state index contributed by atoms with van der Waals surface area (Å²) in [5.74, 6) is 0.423. The van der Waals surface area contributed by atoms with Crippen molar-refractivity contribution in [1.29, 1.82) is 0 Å². The molecule has 140 valence electrons. The Kier molecular flexibility index (Phi) is 4.34. The maximum Gasteiger partial charge on any atom is 0.223 e. The summed E-state index contributed by atoms with van der Waals surface area (Å²) in [6.07, 6.45) is 7.07. The fourth-order valence-electron chi connectivity index (χ4n) is 5.06. The van der Waals surface area contributed by atoms with E-state index in [9.17, 15) is 9.90 Å². The molecule has 2 bridgehead atoms. The lowest BCUT2D eigenvalue weighted by atomic mass is 9.76. The molecule has 0 radical (unpaired) electrons. The van der Waals surface area contributed by atoms with Crippen molar-refractivity contribution >= 4 is 16.8 Å². The zero-order chi connectivity index (χ0) is 18.5. The molecule has 2 aromatic rings. The Morgan fingerprint density at radius 1 is 1.38 bits per heavy atom. The summed E-state index contributed by atoms with van der Waals surface area (Å²) in [5.41, 5.74) is 4.46. The van der Waals surface area contributed by atoms with Gasteiger partial charge in [-0.2, -0.15) is 0 Å². The first kappa shape index (κ1) is 17.6. The SMILES string of the molecule is Cc1ccc2[nH]cc(C(C)CC(=O)N3CCC4(O)CCCC3C4)c2c1C. The minimum absolute atomic E-state index is 0.182. The van der Waals surface area contributed by atoms with Gasteiger partial charge in [0.2, 0.25) is 5.91 Å². The van der Waals surface area contributed by atoms with Crippen LogP contribution in [0.3, 0.4) is 0 Å². The van der Waals surface area contributed by atoms with Crippen molar-refractivity contribution in [3.8, 4) is 0 Å². The second-order valence-corrected chi connectivity index (χ2v) is 8.59. The third-order valence-electron chi connectivity index (χ3n) is 6.79. The van der Waals surface area contributed by atoms with E-state index in [1.807, 2.05) is 0 Å². The molecule has 1 aliphatic carbocycles. The summed E-state index contributed by atoms with van der Waals surface area (Å²) >= 11 is 0. The van der Waals surface area contributed by atoms with Gasteiger partial charge in [-0.05, 0) is 74.6 Å². The molecule has 1 saturated heterocycles. The van der Waals surface area contributed by atoms with Crippen LogP contribution in [0, 0.1) is 13.8 Å². The van der Waals surface area contributed by atoms with E-state index in [-0.39, 0.29) is 17.9 Å². The predicted molar refractivity (Wildman–Crippen MR) is 104 cm³/mol. The Hall–Kier alpha value is -1.81. The van der Waals surface area contributed by atoms with Crippen LogP contribution in [0.25, 0.3) is 10.9 Å². The van der Waals surface area contributed by atoms with Gasteiger partial charge in [-0.25, -0.2) is 0 Å². The minimum Gasteiger partial charge on any atom is -0.390 e. The van der Waals surface area contributed by atoms with Gasteiger partial charge in [-0.15, -0.1) is 0 Å². The first-order valence-electron chi connectivity index (χ1n) is 9.97. The zero-order valence-corrected chi connectivity index (χ0v) is 16.1. The van der Waals surface area contributed by atoms with Gasteiger partial charge >= 0.3 is 0 Å². The number of carbonyl (C=O) groups excluding carboxylic acids is 1. The quantitative estimate of drug-likeness (QED) is 0.868. The fraction of sp³-hybridized carbons (Fsp3) is 0.591. The number of H-pyrrole nitrogens is 1. The van der Waals surface area contributed by atoms with Crippen LogP contribution in [0.5, 0.6) is 0 Å². The average Bonchev–Trinajstić information content (AvgIpc) is 3.02. The summed E-state index contributed by atoms with van der Waals surface area (Å²) < 4.78 is 0. The number of nitrogens with one attached hydrogen (secondary N) is 1. The molecule has 4 heteroatoms. The molecule has 1 aromatic heterocycles. The summed E-state index contributed by atoms with van der Waals surface area (Å²) in [6.45, 7) is 7.17. The number of nitrogens with zero attached hydrogens (tertiary/aromatic N) is 1. The van der Waals surface area contributed by atoms with Gasteiger partial charge in [-0.3, -0.25) is 4.79 Å². The van der Waals surface area contributed by atoms with Crippen molar-refractivity contribution in [2.75, 3.05) is 6.54 Å². The highest BCUT2D eigenvalue weighted by molar-refractivity contribution is 5.89. The van der Waals surface area contributed by atoms with Crippen molar-refractivity contribution in [1.82, 2.24) is 9.88 Å². The van der Waals surface area contributed by atoms with Gasteiger partial charge < -0.3 is 15.0 Å². The molecule has 3 unspecified atom stereocenters. The third-order valence-corrected chi connectivity index (χ3v) is 6.79. The lowest BCUT2D eigenvalue weighted by Gasteiger charge is -2.48. The standard InChI is InChI=1S/C22H30N2O2/c1-14-6-7-19-21(16(14)3)18(13-23-19)15(2)11-20(25)24-10-9-22(26)8-4-5-17(24)12-22/h6-7,13,15,17,23,26H,4-5,8-12H2,1-3H3. The van der Waals surface area contributed by atoms with Crippen LogP contribution >= 0.6 is 0 Å². The molecule has 26 heavy (non-hydrogen) atoms. The Balaban J connectivity index is 1.52. The molecule has 4 nitrogen and oxygen atoms in total. The van der Waals surface area contributed by atoms with Crippen LogP contribution in [0.4, 0.5) is 0 Å². The second kappa shape index (κ2) is 6.41. The average molecular weight is 354 g/mol. The highest BCUT2D eigenvalue weighted by Gasteiger charge is 2.42. The number of rotatable bonds is 3. The molecule has 1 amide bonds. The molecular weight excluding hydrogens is 324 g/mol. The molecule has 2 aliphatic rings. The lowest BCUT2D eigenvalue weighted by molar-refractivity contribution is -0.144. The van der Waals surface area contributed by atoms with E-state index in [1.54, 1.807) is 0 Å². The highest BCUT2D eigenvalue weighted by Crippen LogP contribution is 2.39. The summed E-state index contributed by atoms with van der Waals surface area (Å²) in [6, 6.07) is 4.50. The molecule has 1 aromatic carbocycles. The van der Waals surface area contributed by atoms with Crippen molar-refractivity contribution in [2.45, 2.75) is 76.9 Å². The highest BCUT2D eigenvalue weighted by atomic mass is 16.3. The Morgan fingerprint density at radius 2 is 2.19 bits per heavy atom. The van der Waals surface area contributed by atoms with Crippen LogP contribution in [-0.2, 0) is 4.79 Å². The molecule has 2 fully saturated rings. The van der Waals surface area contributed by atoms with Crippen molar-refractivity contribution in [3.63, 3.8) is 0 Å². The largest absolute Gasteiger partial charge is 0.390 e. The maximum absolute atomic E-state index is 13.0. The van der Waals surface area contributed by atoms with E-state index >= 15 is 0 Å². The van der Waals surface area contributed by atoms with E-state index in [4.69, 9.17) is 0 Å². The van der Waals surface area contributed by atoms with Gasteiger partial charge in [-0.1, -0.05) is 13.0 Å². The zero-order valence-electron chi connectivity index (χ0n) is 16.1. The van der Waals surface area contributed by atoms with Crippen molar-refractivity contribution in [2.24, 2.45) is 0 Å². The molecule has 0 spiro atoms. The summed E-state index contributed by atoms with van der Waals surface area (Å²) in [4.78, 5) is 18.5. The van der Waals surface area contributed by atoms with E-state index in [2.05, 4.69) is 49.0 Å². The predicted octanol–water partition coefficient (Wildman–Crippen LogP) is 4.18. The number of aryl methyl sites for hydroxylation is 2. The minimum atomic E-state index is -0.517. The van der Waals surface area contributed by atoms with Crippen LogP contribution < -0.4 is 0 Å². The van der Waals surface area contributed by atoms with Gasteiger partial charge in [0.1, 0.15) is 0 Å². The molecule has 2 N–H and O–H groups in total. The second-order valence-electron chi connectivity index (χ2n) is 8.59. The van der Waals surface area contributed by atoms with E-state index in [0.717, 1.165) is 37.6 Å². The Bertz CT molecular complexity index is 840. The van der Waals surface area contributed by atoms with Crippen LogP contribution in [0.15, 0.2) is 18.3 Å². The number of aromatic amines is 1. The number of aliphatic hydroxyl groups is 1. The molecule has 4 rings (SSSR count). The lowest BCUT2D eigenvalue weighted by Crippen LogP contribution is -2.55. The van der Waals surface area contributed by atoms with Crippen LogP contribution in [0.1, 0.15) is 68.1 Å². The van der Waals surface area contributed by atoms with Gasteiger partial charge in [0, 0.05) is 36.1 Å². The van der Waals surface area contributed by atoms with Gasteiger partial charge in [0.05, 0.1) is 5.60 Å². The molecule has 3 atom stereocenters. The van der Waals surface area contributed by atoms with E-state index < -0.39 is 5.60 Å². The van der Waals surface area contributed by atoms with Gasteiger partial charge in [0.25, 0.3) is 0 Å². The normalized spacial score (nSPS) is 26.9. The molecular formula is C22H30N2O2. The first-order valence-corrected chi connectivity index (χ1v) is 9.97. The number of hydrogen-bond acceptors (Lipinski definition) is 2. The molecule has 2 heterocycles. The van der Waals surface area contributed by atoms with Crippen LogP contribution in [0.2, 0.25) is 0 Å². The summed E-state index contributed by atoms with van der Waals surface area (Å²) in [7, 11) is 0. The monoisotopic (exact) mass is 354 g/mol. The number of aromatic nitrogens is 1. The Labute approximate surface area is 155 Å². The number of fused-ring (bicyclic) bond motifs is 3. The molecule has 1 saturated carbocycles. The number of hydrogen-bond donors (Lipinski definition) is 2. The van der Waals surface area contributed by atoms with Crippen molar-refractivity contribution in [3.05, 3.63) is 35.0 Å². The summed E-state index contributed by atoms with van der Waals surface area (Å²) in [5, 5.41) is 11.8. The third kappa shape index (κ3) is 2.94. The van der Waals surface area contributed by atoms with Gasteiger partial charge in [0.15, 0.2) is 0 Å². The number of carbonyl (C=O) groups is 1. The first-order chi connectivity index (χ1) is 12.4. The Morgan fingerprint density at radius 3 is 3.00 bits per heavy atom. The molecule has 1 aliphatic heterocycles. The van der Waals surface area contributed by atoms with Crippen LogP contribution in [-0.4, -0.2) is 39.1 Å². The van der Waals surface area contributed by atoms with Crippen molar-refractivity contribution < 1.29 is 9.90 Å². The fourth-order valence-corrected chi connectivity index (χ4v) is 5.06. The number of benzene rings is 1. The van der Waals surface area contributed by atoms with E-state index in [1.165, 1.54) is 22.1 Å². The smallest absolute Gasteiger partial charge is 0.223 e. The number of piperidine rings is 1. The number of likely N-dealkylation sites (tertiary alicyclic amines) is 1. The number of amides is 1. The topological polar surface area (TPSA) is 56.3 Å².